The van der Waals surface area contributed by atoms with E-state index < -0.39 is 11.4 Å². The summed E-state index contributed by atoms with van der Waals surface area (Å²) in [6.07, 6.45) is 11.2. The third-order valence-electron chi connectivity index (χ3n) is 9.01. The van der Waals surface area contributed by atoms with E-state index in [1.807, 2.05) is 6.08 Å². The fraction of sp³-hybridized carbons (Fsp3) is 0.696. The number of carbonyl (C=O) groups excluding carboxylic acids is 2. The van der Waals surface area contributed by atoms with Crippen LogP contribution >= 0.6 is 0 Å². The van der Waals surface area contributed by atoms with Crippen LogP contribution in [0, 0.1) is 34.0 Å². The van der Waals surface area contributed by atoms with Crippen molar-refractivity contribution in [1.82, 2.24) is 0 Å². The molecule has 0 bridgehead atoms. The minimum Gasteiger partial charge on any atom is -0.481 e. The van der Waals surface area contributed by atoms with Gasteiger partial charge in [0.25, 0.3) is 0 Å². The Balaban J connectivity index is 1.75. The Kier molecular flexibility index (Phi) is 4.07. The van der Waals surface area contributed by atoms with Gasteiger partial charge in [-0.05, 0) is 79.3 Å². The van der Waals surface area contributed by atoms with Crippen LogP contribution in [0.15, 0.2) is 23.8 Å². The second-order valence-electron chi connectivity index (χ2n) is 9.84. The predicted molar refractivity (Wildman–Crippen MR) is 102 cm³/mol. The van der Waals surface area contributed by atoms with E-state index in [-0.39, 0.29) is 28.8 Å². The molecule has 0 aliphatic heterocycles. The van der Waals surface area contributed by atoms with Crippen molar-refractivity contribution in [3.63, 3.8) is 0 Å². The van der Waals surface area contributed by atoms with Crippen molar-refractivity contribution in [2.75, 3.05) is 0 Å². The lowest BCUT2D eigenvalue weighted by atomic mass is 9.46. The number of rotatable bonds is 3. The molecule has 0 amide bonds. The number of carboxylic acid groups (broad SMARTS) is 1. The molecule has 0 radical (unpaired) electrons. The normalized spacial score (nSPS) is 45.5. The first-order valence-electron chi connectivity index (χ1n) is 10.3. The van der Waals surface area contributed by atoms with Crippen molar-refractivity contribution in [3.05, 3.63) is 23.8 Å². The largest absolute Gasteiger partial charge is 0.481 e. The van der Waals surface area contributed by atoms with E-state index in [1.165, 1.54) is 5.57 Å². The molecule has 146 valence electrons. The quantitative estimate of drug-likeness (QED) is 0.802. The fourth-order valence-corrected chi connectivity index (χ4v) is 7.38. The molecule has 1 N–H and O–H groups in total. The molecule has 4 aliphatic rings. The molecular weight excluding hydrogens is 340 g/mol. The van der Waals surface area contributed by atoms with Crippen LogP contribution < -0.4 is 0 Å². The van der Waals surface area contributed by atoms with Crippen molar-refractivity contribution in [1.29, 1.82) is 0 Å². The molecule has 0 aromatic carbocycles. The number of hydrogen-bond donors (Lipinski definition) is 1. The maximum Gasteiger partial charge on any atom is 0.304 e. The lowest BCUT2D eigenvalue weighted by molar-refractivity contribution is -0.153. The monoisotopic (exact) mass is 370 g/mol. The standard InChI is InChI=1S/C23H30O4/c1-14(24)23(13-20(26)27)11-8-19-17-5-4-15-12-16(25)6-9-21(15,2)18(17)7-10-22(19,23)3/h4-5,12,17-19H,6-11,13H2,1-3H3,(H,26,27)/t17-,18+,19+,21-,22+,23+/m1/s1. The number of carbonyl (C=O) groups is 3. The number of allylic oxidation sites excluding steroid dienone is 4. The van der Waals surface area contributed by atoms with Gasteiger partial charge < -0.3 is 5.11 Å². The first-order valence-corrected chi connectivity index (χ1v) is 10.3. The molecular formula is C23H30O4. The number of Topliss-reactive ketones (excluding diaryl/α,β-unsaturated/α-hetero) is 1. The number of ketones is 2. The zero-order valence-corrected chi connectivity index (χ0v) is 16.6. The van der Waals surface area contributed by atoms with Gasteiger partial charge in [0.2, 0.25) is 0 Å². The van der Waals surface area contributed by atoms with E-state index >= 15 is 0 Å². The number of aliphatic carboxylic acids is 1. The van der Waals surface area contributed by atoms with Crippen LogP contribution in [0.2, 0.25) is 0 Å². The lowest BCUT2D eigenvalue weighted by Crippen LogP contribution is -2.53. The van der Waals surface area contributed by atoms with Crippen LogP contribution in [0.4, 0.5) is 0 Å². The first kappa shape index (κ1) is 18.6. The summed E-state index contributed by atoms with van der Waals surface area (Å²) in [5.74, 6) is 0.595. The van der Waals surface area contributed by atoms with Crippen LogP contribution in [0.5, 0.6) is 0 Å². The van der Waals surface area contributed by atoms with Crippen molar-refractivity contribution >= 4 is 17.5 Å². The van der Waals surface area contributed by atoms with Crippen LogP contribution in [0.25, 0.3) is 0 Å². The molecule has 0 aromatic heterocycles. The summed E-state index contributed by atoms with van der Waals surface area (Å²) < 4.78 is 0. The van der Waals surface area contributed by atoms with Gasteiger partial charge in [-0.15, -0.1) is 0 Å². The topological polar surface area (TPSA) is 71.4 Å². The van der Waals surface area contributed by atoms with Crippen molar-refractivity contribution in [2.45, 2.75) is 65.7 Å². The molecule has 0 spiro atoms. The van der Waals surface area contributed by atoms with Gasteiger partial charge in [0.05, 0.1) is 6.42 Å². The van der Waals surface area contributed by atoms with Crippen LogP contribution in [-0.2, 0) is 14.4 Å². The average molecular weight is 370 g/mol. The maximum absolute atomic E-state index is 12.7. The van der Waals surface area contributed by atoms with Crippen molar-refractivity contribution in [3.8, 4) is 0 Å². The second-order valence-corrected chi connectivity index (χ2v) is 9.84. The highest BCUT2D eigenvalue weighted by molar-refractivity contribution is 5.92. The Morgan fingerprint density at radius 1 is 1.15 bits per heavy atom. The van der Waals surface area contributed by atoms with Crippen LogP contribution in [-0.4, -0.2) is 22.6 Å². The predicted octanol–water partition coefficient (Wildman–Crippen LogP) is 4.34. The van der Waals surface area contributed by atoms with E-state index in [1.54, 1.807) is 6.92 Å². The van der Waals surface area contributed by atoms with E-state index in [4.69, 9.17) is 0 Å². The van der Waals surface area contributed by atoms with Gasteiger partial charge in [0.1, 0.15) is 5.78 Å². The number of hydrogen-bond acceptors (Lipinski definition) is 3. The molecule has 4 rings (SSSR count). The van der Waals surface area contributed by atoms with Gasteiger partial charge >= 0.3 is 5.97 Å². The summed E-state index contributed by atoms with van der Waals surface area (Å²) in [6.45, 7) is 6.07. The Hall–Kier alpha value is -1.71. The molecule has 2 fully saturated rings. The minimum atomic E-state index is -0.864. The van der Waals surface area contributed by atoms with E-state index in [2.05, 4.69) is 26.0 Å². The van der Waals surface area contributed by atoms with Gasteiger partial charge in [-0.2, -0.15) is 0 Å². The molecule has 27 heavy (non-hydrogen) atoms. The zero-order valence-electron chi connectivity index (χ0n) is 16.6. The van der Waals surface area contributed by atoms with Gasteiger partial charge in [-0.1, -0.05) is 26.0 Å². The molecule has 4 nitrogen and oxygen atoms in total. The molecule has 0 aromatic rings. The van der Waals surface area contributed by atoms with Gasteiger partial charge in [-0.3, -0.25) is 14.4 Å². The smallest absolute Gasteiger partial charge is 0.304 e. The average Bonchev–Trinajstić information content (AvgIpc) is 2.89. The lowest BCUT2D eigenvalue weighted by Gasteiger charge is -2.57. The summed E-state index contributed by atoms with van der Waals surface area (Å²) >= 11 is 0. The Morgan fingerprint density at radius 2 is 1.85 bits per heavy atom. The Bertz CT molecular complexity index is 777. The Morgan fingerprint density at radius 3 is 2.52 bits per heavy atom. The number of carboxylic acids is 1. The highest BCUT2D eigenvalue weighted by Gasteiger charge is 2.65. The molecule has 0 saturated heterocycles. The number of fused-ring (bicyclic) bond motifs is 5. The van der Waals surface area contributed by atoms with E-state index in [0.717, 1.165) is 25.7 Å². The third kappa shape index (κ3) is 2.37. The van der Waals surface area contributed by atoms with Crippen LogP contribution in [0.3, 0.4) is 0 Å². The third-order valence-corrected chi connectivity index (χ3v) is 9.01. The molecule has 2 saturated carbocycles. The fourth-order valence-electron chi connectivity index (χ4n) is 7.38. The summed E-state index contributed by atoms with van der Waals surface area (Å²) in [5.41, 5.74) is 0.209. The van der Waals surface area contributed by atoms with Gasteiger partial charge in [-0.25, -0.2) is 0 Å². The summed E-state index contributed by atoms with van der Waals surface area (Å²) in [6, 6.07) is 0. The van der Waals surface area contributed by atoms with E-state index in [0.29, 0.717) is 30.6 Å². The molecule has 0 heterocycles. The second kappa shape index (κ2) is 5.89. The SMILES string of the molecule is CC(=O)[C@@]1(CC(=O)O)CC[C@H]2[C@@H]3C=CC4=CC(=O)CC[C@@]4(C)[C@H]3CC[C@@]21C. The molecule has 6 atom stereocenters. The zero-order chi connectivity index (χ0) is 19.6. The van der Waals surface area contributed by atoms with Crippen molar-refractivity contribution in [2.24, 2.45) is 34.0 Å². The first-order chi connectivity index (χ1) is 12.6. The van der Waals surface area contributed by atoms with Crippen LogP contribution in [0.1, 0.15) is 65.7 Å². The van der Waals surface area contributed by atoms with Gasteiger partial charge in [0.15, 0.2) is 5.78 Å². The molecule has 4 aliphatic carbocycles. The van der Waals surface area contributed by atoms with Crippen molar-refractivity contribution < 1.29 is 19.5 Å². The highest BCUT2D eigenvalue weighted by atomic mass is 16.4. The maximum atomic E-state index is 12.7. The van der Waals surface area contributed by atoms with E-state index in [9.17, 15) is 19.5 Å². The summed E-state index contributed by atoms with van der Waals surface area (Å²) in [4.78, 5) is 36.3. The molecule has 4 heteroatoms. The summed E-state index contributed by atoms with van der Waals surface area (Å²) in [7, 11) is 0. The molecule has 0 unspecified atom stereocenters. The summed E-state index contributed by atoms with van der Waals surface area (Å²) in [5, 5.41) is 9.54. The highest BCUT2D eigenvalue weighted by Crippen LogP contribution is 2.69. The Labute approximate surface area is 161 Å². The van der Waals surface area contributed by atoms with Gasteiger partial charge in [0, 0.05) is 11.8 Å². The minimum absolute atomic E-state index is 0.0307.